The molecule has 2 N–H and O–H groups in total. The Balaban J connectivity index is 1.58. The number of anilines is 1. The number of rotatable bonds is 6. The van der Waals surface area contributed by atoms with Crippen LogP contribution in [0.25, 0.3) is 11.1 Å². The van der Waals surface area contributed by atoms with E-state index in [0.717, 1.165) is 40.0 Å². The molecule has 0 saturated heterocycles. The molecule has 0 fully saturated rings. The summed E-state index contributed by atoms with van der Waals surface area (Å²) in [5.74, 6) is 0.835. The van der Waals surface area contributed by atoms with Gasteiger partial charge in [-0.25, -0.2) is 0 Å². The Morgan fingerprint density at radius 1 is 1.00 bits per heavy atom. The molecular weight excluding hydrogens is 420 g/mol. The van der Waals surface area contributed by atoms with Crippen LogP contribution >= 0.6 is 28.1 Å². The minimum atomic E-state index is 0.617. The van der Waals surface area contributed by atoms with Gasteiger partial charge in [-0.15, -0.1) is 0 Å². The molecule has 138 valence electrons. The summed E-state index contributed by atoms with van der Waals surface area (Å²) >= 11 is 8.99. The molecule has 5 heteroatoms. The van der Waals surface area contributed by atoms with Crippen LogP contribution in [0.3, 0.4) is 0 Å². The van der Waals surface area contributed by atoms with Crippen LogP contribution in [-0.4, -0.2) is 18.8 Å². The molecule has 0 aliphatic carbocycles. The SMILES string of the molecule is COc1ccc(CCNC(=S)Nc2ccccc2-c2ccccc2)cc1Br. The summed E-state index contributed by atoms with van der Waals surface area (Å²) in [5.41, 5.74) is 4.49. The van der Waals surface area contributed by atoms with Gasteiger partial charge in [0.1, 0.15) is 5.75 Å². The molecule has 0 unspecified atom stereocenters. The Bertz CT molecular complexity index is 915. The molecule has 0 aliphatic heterocycles. The van der Waals surface area contributed by atoms with Crippen molar-refractivity contribution >= 4 is 38.9 Å². The van der Waals surface area contributed by atoms with Crippen molar-refractivity contribution in [3.8, 4) is 16.9 Å². The molecule has 3 aromatic carbocycles. The van der Waals surface area contributed by atoms with E-state index in [-0.39, 0.29) is 0 Å². The van der Waals surface area contributed by atoms with E-state index in [2.05, 4.69) is 56.9 Å². The molecule has 3 rings (SSSR count). The molecule has 0 bridgehead atoms. The number of halogens is 1. The average Bonchev–Trinajstić information content (AvgIpc) is 2.69. The quantitative estimate of drug-likeness (QED) is 0.484. The number of hydrogen-bond acceptors (Lipinski definition) is 2. The smallest absolute Gasteiger partial charge is 0.170 e. The number of thiocarbonyl (C=S) groups is 1. The number of methoxy groups -OCH3 is 1. The van der Waals surface area contributed by atoms with Crippen LogP contribution in [0.4, 0.5) is 5.69 Å². The molecule has 0 aromatic heterocycles. The van der Waals surface area contributed by atoms with Gasteiger partial charge in [-0.05, 0) is 63.9 Å². The molecule has 3 aromatic rings. The van der Waals surface area contributed by atoms with E-state index in [0.29, 0.717) is 5.11 Å². The van der Waals surface area contributed by atoms with Crippen molar-refractivity contribution in [1.82, 2.24) is 5.32 Å². The fraction of sp³-hybridized carbons (Fsp3) is 0.136. The van der Waals surface area contributed by atoms with E-state index in [1.54, 1.807) is 7.11 Å². The maximum absolute atomic E-state index is 5.47. The third-order valence-electron chi connectivity index (χ3n) is 4.18. The molecule has 0 amide bonds. The summed E-state index contributed by atoms with van der Waals surface area (Å²) in [6, 6.07) is 24.6. The molecule has 27 heavy (non-hydrogen) atoms. The van der Waals surface area contributed by atoms with Gasteiger partial charge in [0.2, 0.25) is 0 Å². The first-order valence-electron chi connectivity index (χ1n) is 8.69. The lowest BCUT2D eigenvalue weighted by Crippen LogP contribution is -2.30. The van der Waals surface area contributed by atoms with Gasteiger partial charge in [-0.3, -0.25) is 0 Å². The van der Waals surface area contributed by atoms with Gasteiger partial charge >= 0.3 is 0 Å². The summed E-state index contributed by atoms with van der Waals surface area (Å²) in [5, 5.41) is 7.21. The number of hydrogen-bond donors (Lipinski definition) is 2. The molecule has 0 saturated carbocycles. The van der Waals surface area contributed by atoms with Crippen LogP contribution in [0, 0.1) is 0 Å². The summed E-state index contributed by atoms with van der Waals surface area (Å²) in [6.07, 6.45) is 0.866. The van der Waals surface area contributed by atoms with E-state index >= 15 is 0 Å². The van der Waals surface area contributed by atoms with Crippen LogP contribution < -0.4 is 15.4 Å². The summed E-state index contributed by atoms with van der Waals surface area (Å²) < 4.78 is 6.22. The second kappa shape index (κ2) is 9.53. The predicted molar refractivity (Wildman–Crippen MR) is 120 cm³/mol. The molecule has 0 heterocycles. The normalized spacial score (nSPS) is 10.3. The lowest BCUT2D eigenvalue weighted by molar-refractivity contribution is 0.412. The zero-order valence-electron chi connectivity index (χ0n) is 15.0. The average molecular weight is 441 g/mol. The van der Waals surface area contributed by atoms with Crippen LogP contribution in [0.5, 0.6) is 5.75 Å². The van der Waals surface area contributed by atoms with Crippen LogP contribution in [-0.2, 0) is 6.42 Å². The van der Waals surface area contributed by atoms with E-state index in [1.165, 1.54) is 5.56 Å². The van der Waals surface area contributed by atoms with Gasteiger partial charge in [-0.1, -0.05) is 54.6 Å². The minimum absolute atomic E-state index is 0.617. The number of benzene rings is 3. The third-order valence-corrected chi connectivity index (χ3v) is 5.04. The van der Waals surface area contributed by atoms with E-state index in [9.17, 15) is 0 Å². The summed E-state index contributed by atoms with van der Waals surface area (Å²) in [4.78, 5) is 0. The number of para-hydroxylation sites is 1. The summed E-state index contributed by atoms with van der Waals surface area (Å²) in [7, 11) is 1.67. The van der Waals surface area contributed by atoms with Crippen molar-refractivity contribution in [3.63, 3.8) is 0 Å². The molecular formula is C22H21BrN2OS. The van der Waals surface area contributed by atoms with Crippen molar-refractivity contribution in [2.24, 2.45) is 0 Å². The highest BCUT2D eigenvalue weighted by Crippen LogP contribution is 2.27. The highest BCUT2D eigenvalue weighted by atomic mass is 79.9. The van der Waals surface area contributed by atoms with Gasteiger partial charge < -0.3 is 15.4 Å². The van der Waals surface area contributed by atoms with Crippen molar-refractivity contribution in [2.45, 2.75) is 6.42 Å². The summed E-state index contributed by atoms with van der Waals surface area (Å²) in [6.45, 7) is 0.748. The fourth-order valence-corrected chi connectivity index (χ4v) is 3.61. The maximum Gasteiger partial charge on any atom is 0.170 e. The van der Waals surface area contributed by atoms with Crippen LogP contribution in [0.1, 0.15) is 5.56 Å². The Kier molecular flexibility index (Phi) is 6.85. The Hall–Kier alpha value is -2.37. The fourth-order valence-electron chi connectivity index (χ4n) is 2.81. The lowest BCUT2D eigenvalue weighted by atomic mass is 10.0. The predicted octanol–water partition coefficient (Wildman–Crippen LogP) is 5.65. The highest BCUT2D eigenvalue weighted by molar-refractivity contribution is 9.10. The number of ether oxygens (including phenoxy) is 1. The molecule has 0 radical (unpaired) electrons. The van der Waals surface area contributed by atoms with E-state index in [1.807, 2.05) is 42.5 Å². The van der Waals surface area contributed by atoms with Gasteiger partial charge in [0.15, 0.2) is 5.11 Å². The lowest BCUT2D eigenvalue weighted by Gasteiger charge is -2.14. The van der Waals surface area contributed by atoms with Gasteiger partial charge in [0.05, 0.1) is 11.6 Å². The van der Waals surface area contributed by atoms with Crippen LogP contribution in [0.2, 0.25) is 0 Å². The Morgan fingerprint density at radius 3 is 2.48 bits per heavy atom. The van der Waals surface area contributed by atoms with E-state index < -0.39 is 0 Å². The zero-order valence-corrected chi connectivity index (χ0v) is 17.4. The first-order valence-corrected chi connectivity index (χ1v) is 9.89. The molecule has 0 aliphatic rings. The molecule has 3 nitrogen and oxygen atoms in total. The topological polar surface area (TPSA) is 33.3 Å². The first kappa shape index (κ1) is 19.4. The van der Waals surface area contributed by atoms with E-state index in [4.69, 9.17) is 17.0 Å². The largest absolute Gasteiger partial charge is 0.496 e. The Morgan fingerprint density at radius 2 is 1.74 bits per heavy atom. The zero-order chi connectivity index (χ0) is 19.1. The minimum Gasteiger partial charge on any atom is -0.496 e. The van der Waals surface area contributed by atoms with Gasteiger partial charge in [0.25, 0.3) is 0 Å². The second-order valence-corrected chi connectivity index (χ2v) is 7.27. The van der Waals surface area contributed by atoms with Crippen molar-refractivity contribution in [1.29, 1.82) is 0 Å². The maximum atomic E-state index is 5.47. The number of nitrogens with one attached hydrogen (secondary N) is 2. The van der Waals surface area contributed by atoms with Gasteiger partial charge in [0, 0.05) is 17.8 Å². The van der Waals surface area contributed by atoms with Crippen molar-refractivity contribution < 1.29 is 4.74 Å². The second-order valence-electron chi connectivity index (χ2n) is 6.01. The van der Waals surface area contributed by atoms with Crippen molar-refractivity contribution in [2.75, 3.05) is 19.0 Å². The van der Waals surface area contributed by atoms with Crippen LogP contribution in [0.15, 0.2) is 77.3 Å². The Labute approximate surface area is 173 Å². The highest BCUT2D eigenvalue weighted by Gasteiger charge is 2.06. The molecule has 0 spiro atoms. The van der Waals surface area contributed by atoms with Gasteiger partial charge in [-0.2, -0.15) is 0 Å². The standard InChI is InChI=1S/C22H21BrN2OS/c1-26-21-12-11-16(15-19(21)23)13-14-24-22(27)25-20-10-6-5-9-18(20)17-7-3-2-4-8-17/h2-12,15H,13-14H2,1H3,(H2,24,25,27). The first-order chi connectivity index (χ1) is 13.2. The monoisotopic (exact) mass is 440 g/mol. The molecule has 0 atom stereocenters. The van der Waals surface area contributed by atoms with Crippen molar-refractivity contribution in [3.05, 3.63) is 82.8 Å². The third kappa shape index (κ3) is 5.31.